The van der Waals surface area contributed by atoms with Gasteiger partial charge in [0.1, 0.15) is 12.4 Å². The van der Waals surface area contributed by atoms with Crippen molar-refractivity contribution in [3.05, 3.63) is 35.4 Å². The van der Waals surface area contributed by atoms with Crippen LogP contribution in [0.25, 0.3) is 0 Å². The number of alkyl halides is 1. The standard InChI is InChI=1S/C14H19ClN2O/c1-12-3-2-4-13(9-12)11-16-5-7-17(8-6-16)14(18)10-15/h2-4,9H,5-8,10-11H2,1H3/p+1. The van der Waals surface area contributed by atoms with Crippen molar-refractivity contribution in [2.75, 3.05) is 32.1 Å². The van der Waals surface area contributed by atoms with E-state index in [9.17, 15) is 4.79 Å². The zero-order valence-corrected chi connectivity index (χ0v) is 11.5. The van der Waals surface area contributed by atoms with Gasteiger partial charge in [0.2, 0.25) is 5.91 Å². The molecule has 0 bridgehead atoms. The minimum absolute atomic E-state index is 0.0614. The minimum atomic E-state index is 0.0614. The maximum absolute atomic E-state index is 11.5. The van der Waals surface area contributed by atoms with E-state index in [2.05, 4.69) is 31.2 Å². The Morgan fingerprint density at radius 1 is 1.39 bits per heavy atom. The lowest BCUT2D eigenvalue weighted by atomic mass is 10.1. The maximum Gasteiger partial charge on any atom is 0.237 e. The van der Waals surface area contributed by atoms with E-state index in [0.717, 1.165) is 32.7 Å². The SMILES string of the molecule is Cc1cccc(C[NH+]2CCN(C(=O)CCl)CC2)c1. The molecule has 1 saturated heterocycles. The second-order valence-corrected chi connectivity index (χ2v) is 5.20. The number of piperazine rings is 1. The third kappa shape index (κ3) is 3.47. The lowest BCUT2D eigenvalue weighted by Crippen LogP contribution is -3.13. The molecule has 2 rings (SSSR count). The number of benzene rings is 1. The molecule has 1 N–H and O–H groups in total. The zero-order valence-electron chi connectivity index (χ0n) is 10.8. The first-order valence-corrected chi connectivity index (χ1v) is 6.95. The summed E-state index contributed by atoms with van der Waals surface area (Å²) in [6.45, 7) is 6.84. The van der Waals surface area contributed by atoms with E-state index in [1.807, 2.05) is 4.90 Å². The molecule has 0 aliphatic carbocycles. The summed E-state index contributed by atoms with van der Waals surface area (Å²) in [7, 11) is 0. The summed E-state index contributed by atoms with van der Waals surface area (Å²) >= 11 is 5.57. The van der Waals surface area contributed by atoms with Gasteiger partial charge in [0, 0.05) is 5.56 Å². The van der Waals surface area contributed by atoms with Gasteiger partial charge < -0.3 is 9.80 Å². The zero-order chi connectivity index (χ0) is 13.0. The predicted octanol–water partition coefficient (Wildman–Crippen LogP) is 0.461. The van der Waals surface area contributed by atoms with Crippen molar-refractivity contribution in [2.45, 2.75) is 13.5 Å². The van der Waals surface area contributed by atoms with Gasteiger partial charge in [-0.2, -0.15) is 0 Å². The molecule has 0 spiro atoms. The van der Waals surface area contributed by atoms with Crippen molar-refractivity contribution in [2.24, 2.45) is 0 Å². The van der Waals surface area contributed by atoms with Gasteiger partial charge in [-0.1, -0.05) is 29.8 Å². The highest BCUT2D eigenvalue weighted by molar-refractivity contribution is 6.27. The number of nitrogens with one attached hydrogen (secondary N) is 1. The Morgan fingerprint density at radius 2 is 2.11 bits per heavy atom. The molecule has 0 aromatic heterocycles. The first-order valence-electron chi connectivity index (χ1n) is 6.42. The molecular weight excluding hydrogens is 248 g/mol. The first-order chi connectivity index (χ1) is 8.69. The maximum atomic E-state index is 11.5. The number of amides is 1. The van der Waals surface area contributed by atoms with Crippen LogP contribution in [-0.2, 0) is 11.3 Å². The van der Waals surface area contributed by atoms with E-state index in [1.165, 1.54) is 11.1 Å². The predicted molar refractivity (Wildman–Crippen MR) is 72.9 cm³/mol. The molecular formula is C14H20ClN2O+. The molecule has 0 saturated carbocycles. The molecule has 0 atom stereocenters. The Bertz CT molecular complexity index is 414. The van der Waals surface area contributed by atoms with Gasteiger partial charge in [-0.3, -0.25) is 4.79 Å². The van der Waals surface area contributed by atoms with Crippen LogP contribution < -0.4 is 4.90 Å². The molecule has 0 radical (unpaired) electrons. The van der Waals surface area contributed by atoms with Crippen LogP contribution in [0.3, 0.4) is 0 Å². The highest BCUT2D eigenvalue weighted by Gasteiger charge is 2.22. The largest absolute Gasteiger partial charge is 0.330 e. The van der Waals surface area contributed by atoms with Crippen LogP contribution in [0.4, 0.5) is 0 Å². The van der Waals surface area contributed by atoms with Crippen molar-refractivity contribution in [3.8, 4) is 0 Å². The molecule has 18 heavy (non-hydrogen) atoms. The summed E-state index contributed by atoms with van der Waals surface area (Å²) < 4.78 is 0. The Labute approximate surface area is 113 Å². The van der Waals surface area contributed by atoms with Crippen molar-refractivity contribution in [1.82, 2.24) is 4.90 Å². The number of hydrogen-bond acceptors (Lipinski definition) is 1. The van der Waals surface area contributed by atoms with E-state index in [0.29, 0.717) is 0 Å². The van der Waals surface area contributed by atoms with Gasteiger partial charge in [0.25, 0.3) is 0 Å². The number of hydrogen-bond donors (Lipinski definition) is 1. The average Bonchev–Trinajstić information content (AvgIpc) is 2.39. The van der Waals surface area contributed by atoms with Crippen LogP contribution in [0.15, 0.2) is 24.3 Å². The van der Waals surface area contributed by atoms with E-state index in [4.69, 9.17) is 11.6 Å². The number of aryl methyl sites for hydroxylation is 1. The molecule has 0 unspecified atom stereocenters. The fourth-order valence-corrected chi connectivity index (χ4v) is 2.61. The van der Waals surface area contributed by atoms with Crippen molar-refractivity contribution in [3.63, 3.8) is 0 Å². The fourth-order valence-electron chi connectivity index (χ4n) is 2.44. The number of halogens is 1. The van der Waals surface area contributed by atoms with E-state index in [-0.39, 0.29) is 11.8 Å². The lowest BCUT2D eigenvalue weighted by Gasteiger charge is -2.32. The van der Waals surface area contributed by atoms with Crippen LogP contribution in [0.5, 0.6) is 0 Å². The number of carbonyl (C=O) groups excluding carboxylic acids is 1. The van der Waals surface area contributed by atoms with Gasteiger partial charge in [0.15, 0.2) is 0 Å². The molecule has 1 heterocycles. The Hall–Kier alpha value is -1.06. The summed E-state index contributed by atoms with van der Waals surface area (Å²) in [6.07, 6.45) is 0. The quantitative estimate of drug-likeness (QED) is 0.791. The molecule has 3 nitrogen and oxygen atoms in total. The van der Waals surface area contributed by atoms with Crippen LogP contribution in [0.1, 0.15) is 11.1 Å². The third-order valence-electron chi connectivity index (χ3n) is 3.47. The van der Waals surface area contributed by atoms with Crippen molar-refractivity contribution < 1.29 is 9.69 Å². The third-order valence-corrected chi connectivity index (χ3v) is 3.70. The molecule has 1 aliphatic rings. The normalized spacial score (nSPS) is 16.9. The molecule has 1 fully saturated rings. The summed E-state index contributed by atoms with van der Waals surface area (Å²) in [6, 6.07) is 8.65. The summed E-state index contributed by atoms with van der Waals surface area (Å²) in [5.41, 5.74) is 2.69. The van der Waals surface area contributed by atoms with Crippen molar-refractivity contribution in [1.29, 1.82) is 0 Å². The number of nitrogens with zero attached hydrogens (tertiary/aromatic N) is 1. The summed E-state index contributed by atoms with van der Waals surface area (Å²) in [5, 5.41) is 0. The first kappa shape index (κ1) is 13.4. The number of carbonyl (C=O) groups is 1. The van der Waals surface area contributed by atoms with Gasteiger partial charge in [-0.15, -0.1) is 11.6 Å². The fraction of sp³-hybridized carbons (Fsp3) is 0.500. The Balaban J connectivity index is 1.85. The smallest absolute Gasteiger partial charge is 0.237 e. The average molecular weight is 268 g/mol. The highest BCUT2D eigenvalue weighted by Crippen LogP contribution is 2.02. The van der Waals surface area contributed by atoms with Gasteiger partial charge in [0.05, 0.1) is 26.2 Å². The molecule has 1 aliphatic heterocycles. The van der Waals surface area contributed by atoms with Gasteiger partial charge in [-0.05, 0) is 6.92 Å². The van der Waals surface area contributed by atoms with E-state index in [1.54, 1.807) is 4.90 Å². The molecule has 1 amide bonds. The van der Waals surface area contributed by atoms with Crippen LogP contribution in [0, 0.1) is 6.92 Å². The van der Waals surface area contributed by atoms with E-state index >= 15 is 0 Å². The Morgan fingerprint density at radius 3 is 2.72 bits per heavy atom. The lowest BCUT2D eigenvalue weighted by molar-refractivity contribution is -0.917. The summed E-state index contributed by atoms with van der Waals surface area (Å²) in [4.78, 5) is 14.9. The summed E-state index contributed by atoms with van der Waals surface area (Å²) in [5.74, 6) is 0.166. The molecule has 1 aromatic rings. The van der Waals surface area contributed by atoms with Crippen LogP contribution in [-0.4, -0.2) is 42.9 Å². The van der Waals surface area contributed by atoms with Crippen LogP contribution in [0.2, 0.25) is 0 Å². The van der Waals surface area contributed by atoms with Crippen molar-refractivity contribution >= 4 is 17.5 Å². The Kier molecular flexibility index (Phi) is 4.61. The van der Waals surface area contributed by atoms with Gasteiger partial charge in [-0.25, -0.2) is 0 Å². The molecule has 4 heteroatoms. The number of quaternary nitrogens is 1. The van der Waals surface area contributed by atoms with Crippen LogP contribution >= 0.6 is 11.6 Å². The second-order valence-electron chi connectivity index (χ2n) is 4.93. The highest BCUT2D eigenvalue weighted by atomic mass is 35.5. The molecule has 1 aromatic carbocycles. The molecule has 98 valence electrons. The topological polar surface area (TPSA) is 24.8 Å². The number of rotatable bonds is 3. The van der Waals surface area contributed by atoms with Gasteiger partial charge >= 0.3 is 0 Å². The minimum Gasteiger partial charge on any atom is -0.330 e. The second kappa shape index (κ2) is 6.21. The monoisotopic (exact) mass is 267 g/mol. The van der Waals surface area contributed by atoms with E-state index < -0.39 is 0 Å².